The minimum atomic E-state index is -0.499. The van der Waals surface area contributed by atoms with Crippen molar-refractivity contribution in [2.24, 2.45) is 11.3 Å². The molecule has 23 heavy (non-hydrogen) atoms. The van der Waals surface area contributed by atoms with Crippen LogP contribution >= 0.6 is 0 Å². The third kappa shape index (κ3) is 4.12. The summed E-state index contributed by atoms with van der Waals surface area (Å²) in [5, 5.41) is 0. The topological polar surface area (TPSA) is 46.6 Å². The quantitative estimate of drug-likeness (QED) is 0.823. The highest BCUT2D eigenvalue weighted by atomic mass is 16.6. The van der Waals surface area contributed by atoms with Crippen molar-refractivity contribution in [2.75, 3.05) is 6.61 Å². The number of ether oxygens (including phenoxy) is 1. The number of benzene rings is 1. The van der Waals surface area contributed by atoms with Crippen LogP contribution in [0.3, 0.4) is 0 Å². The van der Waals surface area contributed by atoms with Gasteiger partial charge in [-0.05, 0) is 23.8 Å². The Morgan fingerprint density at radius 1 is 1.30 bits per heavy atom. The predicted octanol–water partition coefficient (Wildman–Crippen LogP) is 4.04. The Morgan fingerprint density at radius 2 is 1.96 bits per heavy atom. The zero-order valence-corrected chi connectivity index (χ0v) is 14.5. The lowest BCUT2D eigenvalue weighted by Gasteiger charge is -2.33. The Labute approximate surface area is 138 Å². The van der Waals surface area contributed by atoms with E-state index in [0.717, 1.165) is 18.4 Å². The molecule has 0 aliphatic carbocycles. The first kappa shape index (κ1) is 17.5. The largest absolute Gasteiger partial charge is 0.447 e. The van der Waals surface area contributed by atoms with Gasteiger partial charge in [-0.1, -0.05) is 64.4 Å². The van der Waals surface area contributed by atoms with Crippen LogP contribution in [-0.2, 0) is 16.0 Å². The number of amides is 2. The highest BCUT2D eigenvalue weighted by Gasteiger charge is 2.43. The molecule has 1 saturated heterocycles. The van der Waals surface area contributed by atoms with Gasteiger partial charge >= 0.3 is 6.09 Å². The van der Waals surface area contributed by atoms with Crippen molar-refractivity contribution in [1.29, 1.82) is 0 Å². The molecule has 2 amide bonds. The van der Waals surface area contributed by atoms with Gasteiger partial charge in [-0.15, -0.1) is 0 Å². The van der Waals surface area contributed by atoms with E-state index in [9.17, 15) is 9.59 Å². The number of carbonyl (C=O) groups is 2. The average molecular weight is 317 g/mol. The molecule has 0 aromatic heterocycles. The molecule has 0 bridgehead atoms. The highest BCUT2D eigenvalue weighted by molar-refractivity contribution is 5.95. The Kier molecular flexibility index (Phi) is 5.45. The van der Waals surface area contributed by atoms with E-state index in [1.54, 1.807) is 0 Å². The SMILES string of the molecule is CCC[C@@H](C(=O)N1C(=O)OC[C@H]1Cc1ccccc1)C(C)(C)C. The number of imide groups is 1. The summed E-state index contributed by atoms with van der Waals surface area (Å²) in [6.07, 6.45) is 1.84. The molecule has 1 aliphatic heterocycles. The zero-order valence-electron chi connectivity index (χ0n) is 14.5. The van der Waals surface area contributed by atoms with Crippen LogP contribution < -0.4 is 0 Å². The first-order valence-electron chi connectivity index (χ1n) is 8.38. The number of cyclic esters (lactones) is 1. The van der Waals surface area contributed by atoms with E-state index < -0.39 is 6.09 Å². The minimum absolute atomic E-state index is 0.0946. The van der Waals surface area contributed by atoms with Gasteiger partial charge in [-0.25, -0.2) is 9.69 Å². The van der Waals surface area contributed by atoms with Gasteiger partial charge in [0, 0.05) is 5.92 Å². The third-order valence-corrected chi connectivity index (χ3v) is 4.43. The molecule has 0 N–H and O–H groups in total. The van der Waals surface area contributed by atoms with Gasteiger partial charge in [0.05, 0.1) is 6.04 Å². The Bertz CT molecular complexity index is 547. The lowest BCUT2D eigenvalue weighted by molar-refractivity contribution is -0.137. The van der Waals surface area contributed by atoms with Crippen molar-refractivity contribution >= 4 is 12.0 Å². The molecule has 126 valence electrons. The second-order valence-corrected chi connectivity index (χ2v) is 7.34. The van der Waals surface area contributed by atoms with E-state index in [0.29, 0.717) is 6.42 Å². The third-order valence-electron chi connectivity index (χ3n) is 4.43. The van der Waals surface area contributed by atoms with Crippen LogP contribution in [0.4, 0.5) is 4.79 Å². The molecule has 1 heterocycles. The average Bonchev–Trinajstić information content (AvgIpc) is 2.85. The van der Waals surface area contributed by atoms with Crippen LogP contribution in [0.25, 0.3) is 0 Å². The summed E-state index contributed by atoms with van der Waals surface area (Å²) < 4.78 is 5.18. The fraction of sp³-hybridized carbons (Fsp3) is 0.579. The van der Waals surface area contributed by atoms with Crippen LogP contribution in [0, 0.1) is 11.3 Å². The molecule has 4 heteroatoms. The van der Waals surface area contributed by atoms with Crippen molar-refractivity contribution in [3.63, 3.8) is 0 Å². The molecule has 0 radical (unpaired) electrons. The van der Waals surface area contributed by atoms with Gasteiger partial charge in [0.25, 0.3) is 0 Å². The van der Waals surface area contributed by atoms with Crippen LogP contribution in [-0.4, -0.2) is 29.5 Å². The number of rotatable bonds is 5. The second-order valence-electron chi connectivity index (χ2n) is 7.34. The van der Waals surface area contributed by atoms with Crippen LogP contribution in [0.1, 0.15) is 46.1 Å². The molecule has 0 spiro atoms. The molecule has 1 aromatic carbocycles. The van der Waals surface area contributed by atoms with Crippen LogP contribution in [0.15, 0.2) is 30.3 Å². The maximum atomic E-state index is 13.0. The van der Waals surface area contributed by atoms with E-state index in [2.05, 4.69) is 27.7 Å². The molecule has 0 saturated carbocycles. The smallest absolute Gasteiger partial charge is 0.416 e. The summed E-state index contributed by atoms with van der Waals surface area (Å²) in [4.78, 5) is 26.5. The van der Waals surface area contributed by atoms with E-state index in [1.807, 2.05) is 30.3 Å². The molecule has 1 aromatic rings. The molecule has 0 unspecified atom stereocenters. The van der Waals surface area contributed by atoms with Gasteiger partial charge in [-0.3, -0.25) is 4.79 Å². The Morgan fingerprint density at radius 3 is 2.52 bits per heavy atom. The van der Waals surface area contributed by atoms with Gasteiger partial charge in [-0.2, -0.15) is 0 Å². The van der Waals surface area contributed by atoms with E-state index in [1.165, 1.54) is 4.90 Å². The Hall–Kier alpha value is -1.84. The van der Waals surface area contributed by atoms with E-state index in [4.69, 9.17) is 4.74 Å². The summed E-state index contributed by atoms with van der Waals surface area (Å²) in [6, 6.07) is 9.71. The fourth-order valence-electron chi connectivity index (χ4n) is 3.15. The number of hydrogen-bond donors (Lipinski definition) is 0. The molecule has 2 atom stereocenters. The van der Waals surface area contributed by atoms with Crippen LogP contribution in [0.2, 0.25) is 0 Å². The monoisotopic (exact) mass is 317 g/mol. The molecular formula is C19H27NO3. The summed E-state index contributed by atoms with van der Waals surface area (Å²) in [5.74, 6) is -0.265. The number of hydrogen-bond acceptors (Lipinski definition) is 3. The molecule has 1 fully saturated rings. The van der Waals surface area contributed by atoms with Crippen molar-refractivity contribution in [2.45, 2.75) is 53.0 Å². The summed E-state index contributed by atoms with van der Waals surface area (Å²) in [7, 11) is 0. The van der Waals surface area contributed by atoms with Gasteiger partial charge < -0.3 is 4.74 Å². The van der Waals surface area contributed by atoms with E-state index >= 15 is 0 Å². The van der Waals surface area contributed by atoms with Gasteiger partial charge in [0.15, 0.2) is 0 Å². The maximum absolute atomic E-state index is 13.0. The number of carbonyl (C=O) groups excluding carboxylic acids is 2. The maximum Gasteiger partial charge on any atom is 0.416 e. The van der Waals surface area contributed by atoms with Crippen molar-refractivity contribution < 1.29 is 14.3 Å². The van der Waals surface area contributed by atoms with Crippen molar-refractivity contribution in [3.05, 3.63) is 35.9 Å². The second kappa shape index (κ2) is 7.16. The summed E-state index contributed by atoms with van der Waals surface area (Å²) in [5.41, 5.74) is 0.934. The van der Waals surface area contributed by atoms with E-state index in [-0.39, 0.29) is 29.9 Å². The fourth-order valence-corrected chi connectivity index (χ4v) is 3.15. The predicted molar refractivity (Wildman–Crippen MR) is 90.0 cm³/mol. The van der Waals surface area contributed by atoms with Crippen molar-refractivity contribution in [3.8, 4) is 0 Å². The summed E-state index contributed by atoms with van der Waals surface area (Å²) >= 11 is 0. The number of nitrogens with zero attached hydrogens (tertiary/aromatic N) is 1. The highest BCUT2D eigenvalue weighted by Crippen LogP contribution is 2.33. The van der Waals surface area contributed by atoms with Crippen LogP contribution in [0.5, 0.6) is 0 Å². The first-order chi connectivity index (χ1) is 10.8. The normalized spacial score (nSPS) is 19.6. The van der Waals surface area contributed by atoms with Crippen molar-refractivity contribution in [1.82, 2.24) is 4.90 Å². The van der Waals surface area contributed by atoms with Gasteiger partial charge in [0.1, 0.15) is 6.61 Å². The first-order valence-corrected chi connectivity index (χ1v) is 8.38. The molecule has 1 aliphatic rings. The Balaban J connectivity index is 2.19. The zero-order chi connectivity index (χ0) is 17.0. The lowest BCUT2D eigenvalue weighted by atomic mass is 9.77. The molecule has 4 nitrogen and oxygen atoms in total. The minimum Gasteiger partial charge on any atom is -0.447 e. The standard InChI is InChI=1S/C19H27NO3/c1-5-9-16(19(2,3)4)17(21)20-15(13-23-18(20)22)12-14-10-7-6-8-11-14/h6-8,10-11,15-16H,5,9,12-13H2,1-4H3/t15-,16+/m1/s1. The van der Waals surface area contributed by atoms with Gasteiger partial charge in [0.2, 0.25) is 5.91 Å². The molecular weight excluding hydrogens is 290 g/mol. The lowest BCUT2D eigenvalue weighted by Crippen LogP contribution is -2.46. The molecule has 2 rings (SSSR count). The summed E-state index contributed by atoms with van der Waals surface area (Å²) in [6.45, 7) is 8.51.